The maximum atomic E-state index is 14.0. The van der Waals surface area contributed by atoms with Gasteiger partial charge in [-0.05, 0) is 31.5 Å². The first kappa shape index (κ1) is 15.4. The predicted octanol–water partition coefficient (Wildman–Crippen LogP) is 3.88. The molecule has 0 spiro atoms. The summed E-state index contributed by atoms with van der Waals surface area (Å²) in [4.78, 5) is 0.900. The Bertz CT molecular complexity index is 569. The van der Waals surface area contributed by atoms with E-state index in [0.717, 1.165) is 20.8 Å². The molecule has 6 heteroatoms. The fourth-order valence-corrected chi connectivity index (χ4v) is 3.63. The van der Waals surface area contributed by atoms with Gasteiger partial charge in [0, 0.05) is 17.0 Å². The third kappa shape index (κ3) is 4.26. The van der Waals surface area contributed by atoms with Crippen molar-refractivity contribution in [3.8, 4) is 0 Å². The number of nitrogens with zero attached hydrogens (tertiary/aromatic N) is 2. The lowest BCUT2D eigenvalue weighted by Crippen LogP contribution is -2.20. The van der Waals surface area contributed by atoms with Crippen molar-refractivity contribution >= 4 is 23.1 Å². The van der Waals surface area contributed by atoms with Crippen molar-refractivity contribution in [1.29, 1.82) is 0 Å². The zero-order valence-electron chi connectivity index (χ0n) is 11.8. The third-order valence-electron chi connectivity index (χ3n) is 2.63. The predicted molar refractivity (Wildman–Crippen MR) is 81.7 cm³/mol. The lowest BCUT2D eigenvalue weighted by atomic mass is 10.2. The van der Waals surface area contributed by atoms with Crippen molar-refractivity contribution in [2.24, 2.45) is 5.92 Å². The van der Waals surface area contributed by atoms with Crippen molar-refractivity contribution in [2.45, 2.75) is 36.6 Å². The molecule has 2 aromatic rings. The largest absolute Gasteiger partial charge is 0.312 e. The Labute approximate surface area is 127 Å². The van der Waals surface area contributed by atoms with Crippen molar-refractivity contribution < 1.29 is 4.39 Å². The van der Waals surface area contributed by atoms with Crippen LogP contribution in [0, 0.1) is 18.7 Å². The van der Waals surface area contributed by atoms with Crippen molar-refractivity contribution in [1.82, 2.24) is 15.5 Å². The van der Waals surface area contributed by atoms with Gasteiger partial charge in [-0.2, -0.15) is 0 Å². The van der Waals surface area contributed by atoms with Crippen LogP contribution >= 0.6 is 23.1 Å². The molecule has 2 rings (SSSR count). The highest BCUT2D eigenvalue weighted by atomic mass is 32.2. The van der Waals surface area contributed by atoms with Gasteiger partial charge in [-0.1, -0.05) is 43.0 Å². The van der Waals surface area contributed by atoms with E-state index < -0.39 is 0 Å². The van der Waals surface area contributed by atoms with Crippen LogP contribution in [0.15, 0.2) is 27.4 Å². The minimum absolute atomic E-state index is 0.174. The minimum atomic E-state index is -0.174. The normalized spacial score (nSPS) is 11.2. The van der Waals surface area contributed by atoms with Crippen molar-refractivity contribution in [2.75, 3.05) is 6.54 Å². The van der Waals surface area contributed by atoms with E-state index in [1.165, 1.54) is 29.2 Å². The molecule has 1 heterocycles. The molecule has 0 bridgehead atoms. The van der Waals surface area contributed by atoms with Crippen LogP contribution in [-0.4, -0.2) is 16.7 Å². The van der Waals surface area contributed by atoms with Gasteiger partial charge >= 0.3 is 0 Å². The van der Waals surface area contributed by atoms with Gasteiger partial charge in [-0.15, -0.1) is 10.2 Å². The Kier molecular flexibility index (Phi) is 5.51. The van der Waals surface area contributed by atoms with Crippen LogP contribution in [0.5, 0.6) is 0 Å². The summed E-state index contributed by atoms with van der Waals surface area (Å²) in [7, 11) is 0. The number of aryl methyl sites for hydroxylation is 1. The van der Waals surface area contributed by atoms with E-state index in [1.807, 2.05) is 13.0 Å². The average Bonchev–Trinajstić information content (AvgIpc) is 2.78. The molecule has 0 atom stereocenters. The van der Waals surface area contributed by atoms with E-state index in [2.05, 4.69) is 29.4 Å². The quantitative estimate of drug-likeness (QED) is 0.878. The highest BCUT2D eigenvalue weighted by Gasteiger charge is 2.12. The summed E-state index contributed by atoms with van der Waals surface area (Å²) in [5.41, 5.74) is 0.700. The molecule has 0 saturated heterocycles. The first-order valence-corrected chi connectivity index (χ1v) is 8.15. The summed E-state index contributed by atoms with van der Waals surface area (Å²) < 4.78 is 14.8. The van der Waals surface area contributed by atoms with Crippen LogP contribution in [0.25, 0.3) is 0 Å². The van der Waals surface area contributed by atoms with Gasteiger partial charge in [0.25, 0.3) is 0 Å². The maximum absolute atomic E-state index is 14.0. The lowest BCUT2D eigenvalue weighted by Gasteiger charge is -2.11. The van der Waals surface area contributed by atoms with E-state index in [9.17, 15) is 4.39 Å². The van der Waals surface area contributed by atoms with E-state index in [1.54, 1.807) is 6.07 Å². The molecule has 0 unspecified atom stereocenters. The molecule has 3 nitrogen and oxygen atoms in total. The number of aromatic nitrogens is 2. The molecule has 0 aliphatic heterocycles. The molecule has 1 aromatic heterocycles. The number of halogens is 1. The molecule has 0 radical (unpaired) electrons. The Morgan fingerprint density at radius 3 is 2.80 bits per heavy atom. The fourth-order valence-electron chi connectivity index (χ4n) is 1.71. The summed E-state index contributed by atoms with van der Waals surface area (Å²) in [6.45, 7) is 7.59. The monoisotopic (exact) mass is 311 g/mol. The molecule has 0 aliphatic carbocycles. The molecule has 108 valence electrons. The highest BCUT2D eigenvalue weighted by molar-refractivity contribution is 8.01. The van der Waals surface area contributed by atoms with Gasteiger partial charge in [-0.25, -0.2) is 4.39 Å². The van der Waals surface area contributed by atoms with Crippen LogP contribution < -0.4 is 5.32 Å². The van der Waals surface area contributed by atoms with Crippen LogP contribution in [0.2, 0.25) is 0 Å². The van der Waals surface area contributed by atoms with Gasteiger partial charge in [-0.3, -0.25) is 0 Å². The highest BCUT2D eigenvalue weighted by Crippen LogP contribution is 2.33. The van der Waals surface area contributed by atoms with Crippen LogP contribution in [0.4, 0.5) is 4.39 Å². The van der Waals surface area contributed by atoms with Crippen LogP contribution in [0.1, 0.15) is 24.4 Å². The van der Waals surface area contributed by atoms with E-state index in [0.29, 0.717) is 18.0 Å². The molecule has 0 amide bonds. The molecular weight excluding hydrogens is 293 g/mol. The smallest absolute Gasteiger partial charge is 0.179 e. The second kappa shape index (κ2) is 7.15. The molecule has 1 aromatic carbocycles. The number of nitrogens with one attached hydrogen (secondary N) is 1. The topological polar surface area (TPSA) is 37.8 Å². The second-order valence-electron chi connectivity index (χ2n) is 4.93. The molecule has 20 heavy (non-hydrogen) atoms. The first-order chi connectivity index (χ1) is 9.56. The maximum Gasteiger partial charge on any atom is 0.179 e. The van der Waals surface area contributed by atoms with Crippen molar-refractivity contribution in [3.63, 3.8) is 0 Å². The number of hydrogen-bond acceptors (Lipinski definition) is 5. The standard InChI is InChI=1S/C14H18FN3S2/c1-9(2)7-16-8-11-12(15)5-4-6-13(11)20-14-18-17-10(3)19-14/h4-6,9,16H,7-8H2,1-3H3. The Morgan fingerprint density at radius 2 is 2.15 bits per heavy atom. The molecular formula is C14H18FN3S2. The third-order valence-corrected chi connectivity index (χ3v) is 4.63. The number of rotatable bonds is 6. The molecule has 1 N–H and O–H groups in total. The van der Waals surface area contributed by atoms with Gasteiger partial charge in [0.1, 0.15) is 10.8 Å². The summed E-state index contributed by atoms with van der Waals surface area (Å²) in [6, 6.07) is 5.16. The first-order valence-electron chi connectivity index (χ1n) is 6.52. The fraction of sp³-hybridized carbons (Fsp3) is 0.429. The average molecular weight is 311 g/mol. The number of hydrogen-bond donors (Lipinski definition) is 1. The number of benzene rings is 1. The Morgan fingerprint density at radius 1 is 1.35 bits per heavy atom. The molecule has 0 fully saturated rings. The van der Waals surface area contributed by atoms with E-state index in [4.69, 9.17) is 0 Å². The Balaban J connectivity index is 2.13. The summed E-state index contributed by atoms with van der Waals surface area (Å²) in [6.07, 6.45) is 0. The molecule has 0 aliphatic rings. The summed E-state index contributed by atoms with van der Waals surface area (Å²) >= 11 is 3.00. The van der Waals surface area contributed by atoms with E-state index in [-0.39, 0.29) is 5.82 Å². The van der Waals surface area contributed by atoms with Crippen LogP contribution in [0.3, 0.4) is 0 Å². The zero-order chi connectivity index (χ0) is 14.5. The van der Waals surface area contributed by atoms with Gasteiger partial charge in [0.05, 0.1) is 0 Å². The van der Waals surface area contributed by atoms with E-state index >= 15 is 0 Å². The summed E-state index contributed by atoms with van der Waals surface area (Å²) in [5.74, 6) is 0.371. The Hall–Kier alpha value is -0.980. The van der Waals surface area contributed by atoms with Crippen LogP contribution in [-0.2, 0) is 6.54 Å². The lowest BCUT2D eigenvalue weighted by molar-refractivity contribution is 0.530. The molecule has 0 saturated carbocycles. The SMILES string of the molecule is Cc1nnc(Sc2cccc(F)c2CNCC(C)C)s1. The second-order valence-corrected chi connectivity index (χ2v) is 7.40. The van der Waals surface area contributed by atoms with Gasteiger partial charge in [0.2, 0.25) is 0 Å². The van der Waals surface area contributed by atoms with Gasteiger partial charge < -0.3 is 5.32 Å². The minimum Gasteiger partial charge on any atom is -0.312 e. The summed E-state index contributed by atoms with van der Waals surface area (Å²) in [5, 5.41) is 12.3. The zero-order valence-corrected chi connectivity index (χ0v) is 13.4. The van der Waals surface area contributed by atoms with Gasteiger partial charge in [0.15, 0.2) is 4.34 Å². The van der Waals surface area contributed by atoms with Crippen molar-refractivity contribution in [3.05, 3.63) is 34.6 Å².